The molecule has 3 aromatic heterocycles. The summed E-state index contributed by atoms with van der Waals surface area (Å²) in [6.07, 6.45) is 2.19. The summed E-state index contributed by atoms with van der Waals surface area (Å²) in [5.41, 5.74) is 0.360. The predicted octanol–water partition coefficient (Wildman–Crippen LogP) is 3.11. The molecule has 2 atom stereocenters. The van der Waals surface area contributed by atoms with Gasteiger partial charge in [0.1, 0.15) is 40.8 Å². The first-order valence-corrected chi connectivity index (χ1v) is 14.8. The van der Waals surface area contributed by atoms with Crippen LogP contribution in [-0.2, 0) is 14.8 Å². The van der Waals surface area contributed by atoms with Gasteiger partial charge in [0.05, 0.1) is 19.8 Å². The van der Waals surface area contributed by atoms with Crippen LogP contribution in [0.2, 0.25) is 0 Å². The molecule has 3 heterocycles. The largest absolute Gasteiger partial charge is 0.494 e. The Balaban J connectivity index is 1.83. The molecule has 0 amide bonds. The van der Waals surface area contributed by atoms with Crippen LogP contribution >= 0.6 is 0 Å². The van der Waals surface area contributed by atoms with Crippen LogP contribution in [-0.4, -0.2) is 82.0 Å². The van der Waals surface area contributed by atoms with Gasteiger partial charge in [0.2, 0.25) is 21.9 Å². The van der Waals surface area contributed by atoms with Gasteiger partial charge in [-0.15, -0.1) is 10.2 Å². The number of aryl methyl sites for hydroxylation is 1. The Bertz CT molecular complexity index is 1630. The summed E-state index contributed by atoms with van der Waals surface area (Å²) in [5, 5.41) is 17.4. The molecule has 230 valence electrons. The average Bonchev–Trinajstić information content (AvgIpc) is 3.38. The van der Waals surface area contributed by atoms with Gasteiger partial charge in [-0.05, 0) is 51.5 Å². The summed E-state index contributed by atoms with van der Waals surface area (Å²) in [7, 11) is 0.149. The van der Waals surface area contributed by atoms with E-state index in [1.807, 2.05) is 6.92 Å². The monoisotopic (exact) mass is 613 g/mol. The molecular weight excluding hydrogens is 578 g/mol. The van der Waals surface area contributed by atoms with Crippen molar-refractivity contribution in [3.8, 4) is 34.6 Å². The SMILES string of the molecule is COc1cccc(OC)c1-n1c(NS(=O)(=O)[C@@H](C)[C@H](OC)c2ncc(C)cn2)nnc1-c1cccc(OCC(C)(C)O)n1. The smallest absolute Gasteiger partial charge is 0.243 e. The van der Waals surface area contributed by atoms with Crippen molar-refractivity contribution in [3.05, 3.63) is 60.2 Å². The van der Waals surface area contributed by atoms with Crippen molar-refractivity contribution in [2.24, 2.45) is 0 Å². The van der Waals surface area contributed by atoms with Crippen LogP contribution in [0.15, 0.2) is 48.8 Å². The number of methoxy groups -OCH3 is 3. The minimum Gasteiger partial charge on any atom is -0.494 e. The number of para-hydroxylation sites is 1. The van der Waals surface area contributed by atoms with E-state index in [0.29, 0.717) is 22.9 Å². The van der Waals surface area contributed by atoms with Crippen molar-refractivity contribution >= 4 is 16.0 Å². The summed E-state index contributed by atoms with van der Waals surface area (Å²) >= 11 is 0. The molecule has 0 saturated carbocycles. The minimum atomic E-state index is -4.19. The Morgan fingerprint density at radius 3 is 2.21 bits per heavy atom. The van der Waals surface area contributed by atoms with Gasteiger partial charge in [-0.1, -0.05) is 12.1 Å². The number of nitrogens with zero attached hydrogens (tertiary/aromatic N) is 6. The normalized spacial score (nSPS) is 13.3. The first-order chi connectivity index (χ1) is 20.4. The number of sulfonamides is 1. The van der Waals surface area contributed by atoms with Crippen LogP contribution in [0.3, 0.4) is 0 Å². The number of anilines is 1. The summed E-state index contributed by atoms with van der Waals surface area (Å²) in [6.45, 7) is 6.52. The van der Waals surface area contributed by atoms with E-state index < -0.39 is 27.0 Å². The molecule has 14 nitrogen and oxygen atoms in total. The Hall–Kier alpha value is -4.34. The van der Waals surface area contributed by atoms with E-state index in [4.69, 9.17) is 18.9 Å². The minimum absolute atomic E-state index is 0.00915. The third-order valence-electron chi connectivity index (χ3n) is 6.27. The second kappa shape index (κ2) is 12.9. The van der Waals surface area contributed by atoms with Gasteiger partial charge in [0, 0.05) is 25.6 Å². The summed E-state index contributed by atoms with van der Waals surface area (Å²) in [4.78, 5) is 13.0. The molecule has 15 heteroatoms. The third kappa shape index (κ3) is 7.18. The number of aromatic nitrogens is 6. The second-order valence-electron chi connectivity index (χ2n) is 10.3. The molecule has 0 aliphatic rings. The fraction of sp³-hybridized carbons (Fsp3) is 0.393. The van der Waals surface area contributed by atoms with E-state index in [-0.39, 0.29) is 30.1 Å². The maximum atomic E-state index is 13.8. The molecule has 0 unspecified atom stereocenters. The van der Waals surface area contributed by atoms with Crippen molar-refractivity contribution in [2.45, 2.75) is 44.6 Å². The highest BCUT2D eigenvalue weighted by Crippen LogP contribution is 2.38. The van der Waals surface area contributed by atoms with E-state index in [1.165, 1.54) is 32.8 Å². The van der Waals surface area contributed by atoms with Gasteiger partial charge in [0.15, 0.2) is 11.6 Å². The van der Waals surface area contributed by atoms with E-state index in [1.54, 1.807) is 62.6 Å². The zero-order valence-electron chi connectivity index (χ0n) is 25.0. The third-order valence-corrected chi connectivity index (χ3v) is 7.97. The number of hydrogen-bond donors (Lipinski definition) is 2. The molecule has 2 N–H and O–H groups in total. The lowest BCUT2D eigenvalue weighted by molar-refractivity contribution is 0.0269. The average molecular weight is 614 g/mol. The van der Waals surface area contributed by atoms with Gasteiger partial charge in [-0.25, -0.2) is 23.4 Å². The molecule has 0 spiro atoms. The standard InChI is InChI=1S/C28H35N7O7S/c1-17-14-29-25(30-15-17)24(41-7)18(2)43(37,38)34-27-33-32-26(19-10-8-13-22(31-19)42-16-28(3,4)36)35(27)23-20(39-5)11-9-12-21(23)40-6/h8-15,18,24,36H,16H2,1-7H3,(H,33,34)/t18-,24-/m0/s1. The van der Waals surface area contributed by atoms with Gasteiger partial charge in [-0.2, -0.15) is 0 Å². The molecule has 4 rings (SSSR count). The predicted molar refractivity (Wildman–Crippen MR) is 158 cm³/mol. The summed E-state index contributed by atoms with van der Waals surface area (Å²) in [5.74, 6) is 1.14. The highest BCUT2D eigenvalue weighted by atomic mass is 32.2. The quantitative estimate of drug-likeness (QED) is 0.226. The van der Waals surface area contributed by atoms with E-state index in [2.05, 4.69) is 29.9 Å². The first kappa shape index (κ1) is 31.6. The number of hydrogen-bond acceptors (Lipinski definition) is 12. The molecule has 4 aromatic rings. The topological polar surface area (TPSA) is 173 Å². The fourth-order valence-corrected chi connectivity index (χ4v) is 5.22. The zero-order chi connectivity index (χ0) is 31.4. The Kier molecular flexibility index (Phi) is 9.47. The van der Waals surface area contributed by atoms with Crippen molar-refractivity contribution in [1.29, 1.82) is 0 Å². The van der Waals surface area contributed by atoms with Crippen LogP contribution in [0, 0.1) is 6.92 Å². The number of nitrogens with one attached hydrogen (secondary N) is 1. The molecule has 0 bridgehead atoms. The maximum absolute atomic E-state index is 13.8. The molecular formula is C28H35N7O7S. The highest BCUT2D eigenvalue weighted by Gasteiger charge is 2.35. The van der Waals surface area contributed by atoms with Crippen LogP contribution in [0.1, 0.15) is 38.3 Å². The van der Waals surface area contributed by atoms with Crippen LogP contribution in [0.25, 0.3) is 17.2 Å². The molecule has 43 heavy (non-hydrogen) atoms. The van der Waals surface area contributed by atoms with Gasteiger partial charge in [-0.3, -0.25) is 9.29 Å². The van der Waals surface area contributed by atoms with Gasteiger partial charge < -0.3 is 24.1 Å². The number of rotatable bonds is 13. The number of aliphatic hydroxyl groups is 1. The molecule has 0 fully saturated rings. The lowest BCUT2D eigenvalue weighted by Gasteiger charge is -2.23. The lowest BCUT2D eigenvalue weighted by Crippen LogP contribution is -2.33. The Morgan fingerprint density at radius 1 is 1.00 bits per heavy atom. The fourth-order valence-electron chi connectivity index (χ4n) is 4.09. The lowest BCUT2D eigenvalue weighted by atomic mass is 10.2. The summed E-state index contributed by atoms with van der Waals surface area (Å²) < 4.78 is 53.9. The Labute approximate surface area is 250 Å². The number of ether oxygens (including phenoxy) is 4. The van der Waals surface area contributed by atoms with E-state index in [9.17, 15) is 13.5 Å². The van der Waals surface area contributed by atoms with Gasteiger partial charge >= 0.3 is 0 Å². The molecule has 0 saturated heterocycles. The van der Waals surface area contributed by atoms with Crippen molar-refractivity contribution in [1.82, 2.24) is 29.7 Å². The van der Waals surface area contributed by atoms with E-state index >= 15 is 0 Å². The van der Waals surface area contributed by atoms with Crippen LogP contribution < -0.4 is 18.9 Å². The zero-order valence-corrected chi connectivity index (χ0v) is 25.8. The van der Waals surface area contributed by atoms with Crippen molar-refractivity contribution < 1.29 is 32.5 Å². The van der Waals surface area contributed by atoms with Crippen molar-refractivity contribution in [2.75, 3.05) is 32.7 Å². The number of pyridine rings is 1. The van der Waals surface area contributed by atoms with Crippen LogP contribution in [0.5, 0.6) is 17.4 Å². The second-order valence-corrected chi connectivity index (χ2v) is 12.3. The maximum Gasteiger partial charge on any atom is 0.243 e. The molecule has 0 aliphatic heterocycles. The van der Waals surface area contributed by atoms with Crippen molar-refractivity contribution in [3.63, 3.8) is 0 Å². The molecule has 1 aromatic carbocycles. The first-order valence-electron chi connectivity index (χ1n) is 13.2. The Morgan fingerprint density at radius 2 is 1.63 bits per heavy atom. The van der Waals surface area contributed by atoms with E-state index in [0.717, 1.165) is 5.56 Å². The van der Waals surface area contributed by atoms with Crippen LogP contribution in [0.4, 0.5) is 5.95 Å². The highest BCUT2D eigenvalue weighted by molar-refractivity contribution is 7.93. The summed E-state index contributed by atoms with van der Waals surface area (Å²) in [6, 6.07) is 10.1. The molecule has 0 radical (unpaired) electrons. The van der Waals surface area contributed by atoms with Gasteiger partial charge in [0.25, 0.3) is 0 Å². The molecule has 0 aliphatic carbocycles. The number of benzene rings is 1.